The summed E-state index contributed by atoms with van der Waals surface area (Å²) in [5, 5.41) is 8.12. The van der Waals surface area contributed by atoms with Crippen LogP contribution in [0.2, 0.25) is 0 Å². The van der Waals surface area contributed by atoms with Crippen LogP contribution in [-0.4, -0.2) is 27.6 Å². The van der Waals surface area contributed by atoms with Crippen LogP contribution in [-0.2, 0) is 0 Å². The highest BCUT2D eigenvalue weighted by Crippen LogP contribution is 2.29. The van der Waals surface area contributed by atoms with E-state index in [1.165, 1.54) is 64.2 Å². The van der Waals surface area contributed by atoms with Gasteiger partial charge in [-0.25, -0.2) is 0 Å². The molecule has 0 amide bonds. The fraction of sp³-hybridized carbons (Fsp3) is 0.944. The van der Waals surface area contributed by atoms with E-state index in [9.17, 15) is 0 Å². The van der Waals surface area contributed by atoms with E-state index in [-0.39, 0.29) is 5.84 Å². The number of nitrogens with one attached hydrogen (secondary N) is 1. The van der Waals surface area contributed by atoms with Crippen LogP contribution in [0.15, 0.2) is 0 Å². The minimum Gasteiger partial charge on any atom is -0.357 e. The molecule has 138 valence electrons. The molecule has 0 aliphatic carbocycles. The third-order valence-electron chi connectivity index (χ3n) is 4.15. The Labute approximate surface area is 158 Å². The second-order valence-corrected chi connectivity index (χ2v) is 8.65. The number of rotatable bonds is 14. The Kier molecular flexibility index (Phi) is 14.9. The summed E-state index contributed by atoms with van der Waals surface area (Å²) in [5.74, 6) is 0.129. The minimum absolute atomic E-state index is 0.129. The Morgan fingerprint density at radius 3 is 1.39 bits per heavy atom. The number of unbranched alkanes of at least 4 members (excludes halogenated alkanes) is 10. The first-order chi connectivity index (χ1) is 10.9. The number of halogens is 3. The van der Waals surface area contributed by atoms with E-state index >= 15 is 0 Å². The van der Waals surface area contributed by atoms with Crippen molar-refractivity contribution in [2.75, 3.05) is 13.1 Å². The maximum atomic E-state index is 8.12. The molecule has 0 fully saturated rings. The van der Waals surface area contributed by atoms with Crippen molar-refractivity contribution in [3.05, 3.63) is 0 Å². The van der Waals surface area contributed by atoms with Crippen LogP contribution in [0.1, 0.15) is 90.9 Å². The van der Waals surface area contributed by atoms with Gasteiger partial charge >= 0.3 is 0 Å². The van der Waals surface area contributed by atoms with Crippen LogP contribution in [0.3, 0.4) is 0 Å². The highest BCUT2D eigenvalue weighted by molar-refractivity contribution is 6.76. The van der Waals surface area contributed by atoms with Gasteiger partial charge in [0, 0.05) is 13.1 Å². The summed E-state index contributed by atoms with van der Waals surface area (Å²) in [6.45, 7) is 6.11. The molecule has 0 heterocycles. The van der Waals surface area contributed by atoms with Gasteiger partial charge in [-0.15, -0.1) is 0 Å². The average molecular weight is 386 g/mol. The molecule has 5 heteroatoms. The smallest absolute Gasteiger partial charge is 0.247 e. The molecule has 0 unspecified atom stereocenters. The van der Waals surface area contributed by atoms with E-state index < -0.39 is 3.79 Å². The van der Waals surface area contributed by atoms with Crippen molar-refractivity contribution in [3.63, 3.8) is 0 Å². The zero-order valence-corrected chi connectivity index (χ0v) is 17.2. The molecule has 0 atom stereocenters. The Morgan fingerprint density at radius 1 is 0.696 bits per heavy atom. The molecule has 0 aromatic heterocycles. The van der Waals surface area contributed by atoms with Crippen LogP contribution in [0.4, 0.5) is 0 Å². The summed E-state index contributed by atoms with van der Waals surface area (Å²) in [4.78, 5) is 1.96. The van der Waals surface area contributed by atoms with Crippen LogP contribution in [0.5, 0.6) is 0 Å². The first-order valence-electron chi connectivity index (χ1n) is 9.34. The van der Waals surface area contributed by atoms with E-state index in [1.54, 1.807) is 0 Å². The molecule has 0 aliphatic rings. The molecule has 0 aliphatic heterocycles. The van der Waals surface area contributed by atoms with Crippen molar-refractivity contribution in [1.29, 1.82) is 5.41 Å². The van der Waals surface area contributed by atoms with E-state index in [4.69, 9.17) is 40.2 Å². The summed E-state index contributed by atoms with van der Waals surface area (Å²) in [5.41, 5.74) is 0. The molecule has 0 saturated heterocycles. The van der Waals surface area contributed by atoms with Crippen LogP contribution >= 0.6 is 34.8 Å². The first-order valence-corrected chi connectivity index (χ1v) is 10.5. The predicted octanol–water partition coefficient (Wildman–Crippen LogP) is 7.36. The number of alkyl halides is 3. The quantitative estimate of drug-likeness (QED) is 0.144. The largest absolute Gasteiger partial charge is 0.357 e. The van der Waals surface area contributed by atoms with Gasteiger partial charge in [0.2, 0.25) is 3.79 Å². The van der Waals surface area contributed by atoms with Crippen LogP contribution < -0.4 is 0 Å². The van der Waals surface area contributed by atoms with Crippen molar-refractivity contribution >= 4 is 40.6 Å². The molecule has 0 aromatic carbocycles. The number of hydrogen-bond acceptors (Lipinski definition) is 1. The molecular formula is C18H35Cl3N2. The molecule has 23 heavy (non-hydrogen) atoms. The molecule has 2 nitrogen and oxygen atoms in total. The maximum absolute atomic E-state index is 8.12. The van der Waals surface area contributed by atoms with E-state index in [0.717, 1.165) is 25.9 Å². The van der Waals surface area contributed by atoms with Gasteiger partial charge in [-0.1, -0.05) is 113 Å². The van der Waals surface area contributed by atoms with Gasteiger partial charge in [-0.2, -0.15) is 0 Å². The third-order valence-corrected chi connectivity index (χ3v) is 4.68. The molecule has 0 rings (SSSR count). The van der Waals surface area contributed by atoms with Crippen LogP contribution in [0.25, 0.3) is 0 Å². The zero-order chi connectivity index (χ0) is 17.6. The molecule has 0 radical (unpaired) electrons. The molecule has 1 N–H and O–H groups in total. The second-order valence-electron chi connectivity index (χ2n) is 6.37. The van der Waals surface area contributed by atoms with Gasteiger partial charge in [-0.05, 0) is 12.8 Å². The average Bonchev–Trinajstić information content (AvgIpc) is 2.50. The fourth-order valence-corrected chi connectivity index (χ4v) is 3.04. The van der Waals surface area contributed by atoms with Gasteiger partial charge < -0.3 is 4.90 Å². The summed E-state index contributed by atoms with van der Waals surface area (Å²) < 4.78 is -1.61. The third kappa shape index (κ3) is 13.3. The topological polar surface area (TPSA) is 27.1 Å². The van der Waals surface area contributed by atoms with Crippen LogP contribution in [0, 0.1) is 5.41 Å². The lowest BCUT2D eigenvalue weighted by Gasteiger charge is -2.29. The Hall–Kier alpha value is 0.340. The molecule has 0 spiro atoms. The summed E-state index contributed by atoms with van der Waals surface area (Å²) >= 11 is 17.7. The molecular weight excluding hydrogens is 351 g/mol. The minimum atomic E-state index is -1.61. The maximum Gasteiger partial charge on any atom is 0.247 e. The van der Waals surface area contributed by atoms with Gasteiger partial charge in [0.15, 0.2) is 0 Å². The van der Waals surface area contributed by atoms with E-state index in [2.05, 4.69) is 13.8 Å². The standard InChI is InChI=1S/C18H35Cl3N2/c1-3-5-7-9-11-13-15-23(17(22)18(19,20)21)16-14-12-10-8-6-4-2/h22H,3-16H2,1-2H3. The number of amidine groups is 1. The van der Waals surface area contributed by atoms with Gasteiger partial charge in [0.25, 0.3) is 0 Å². The first kappa shape index (κ1) is 23.3. The molecule has 0 aromatic rings. The number of hydrogen-bond donors (Lipinski definition) is 1. The highest BCUT2D eigenvalue weighted by atomic mass is 35.6. The number of nitrogens with zero attached hydrogens (tertiary/aromatic N) is 1. The van der Waals surface area contributed by atoms with Gasteiger partial charge in [-0.3, -0.25) is 5.41 Å². The van der Waals surface area contributed by atoms with Crippen molar-refractivity contribution in [1.82, 2.24) is 4.90 Å². The van der Waals surface area contributed by atoms with Gasteiger partial charge in [0.1, 0.15) is 5.84 Å². The normalized spacial score (nSPS) is 11.7. The van der Waals surface area contributed by atoms with E-state index in [1.807, 2.05) is 4.90 Å². The van der Waals surface area contributed by atoms with Crippen molar-refractivity contribution in [2.24, 2.45) is 0 Å². The highest BCUT2D eigenvalue weighted by Gasteiger charge is 2.30. The molecule has 0 saturated carbocycles. The lowest BCUT2D eigenvalue weighted by Crippen LogP contribution is -2.40. The predicted molar refractivity (Wildman–Crippen MR) is 106 cm³/mol. The zero-order valence-electron chi connectivity index (χ0n) is 15.0. The summed E-state index contributed by atoms with van der Waals surface area (Å²) in [7, 11) is 0. The fourth-order valence-electron chi connectivity index (χ4n) is 2.68. The lowest BCUT2D eigenvalue weighted by atomic mass is 10.1. The summed E-state index contributed by atoms with van der Waals surface area (Å²) in [6, 6.07) is 0. The Balaban J connectivity index is 4.07. The van der Waals surface area contributed by atoms with Crippen molar-refractivity contribution in [3.8, 4) is 0 Å². The second kappa shape index (κ2) is 14.7. The molecule has 0 bridgehead atoms. The summed E-state index contributed by atoms with van der Waals surface area (Å²) in [6.07, 6.45) is 14.8. The Morgan fingerprint density at radius 2 is 1.04 bits per heavy atom. The van der Waals surface area contributed by atoms with Crippen molar-refractivity contribution < 1.29 is 0 Å². The lowest BCUT2D eigenvalue weighted by molar-refractivity contribution is 0.378. The van der Waals surface area contributed by atoms with Gasteiger partial charge in [0.05, 0.1) is 0 Å². The Bertz CT molecular complexity index is 274. The van der Waals surface area contributed by atoms with E-state index in [0.29, 0.717) is 0 Å². The monoisotopic (exact) mass is 384 g/mol. The SMILES string of the molecule is CCCCCCCCN(CCCCCCCC)C(=N)C(Cl)(Cl)Cl. The van der Waals surface area contributed by atoms with Crippen molar-refractivity contribution in [2.45, 2.75) is 94.7 Å².